The first kappa shape index (κ1) is 20.5. The number of methoxy groups -OCH3 is 1. The fourth-order valence-corrected chi connectivity index (χ4v) is 4.94. The third-order valence-corrected chi connectivity index (χ3v) is 6.36. The van der Waals surface area contributed by atoms with Crippen LogP contribution in [-0.4, -0.2) is 29.7 Å². The number of ketones is 1. The first-order chi connectivity index (χ1) is 15.4. The first-order valence-corrected chi connectivity index (χ1v) is 10.5. The van der Waals surface area contributed by atoms with Gasteiger partial charge >= 0.3 is 6.08 Å². The average molecular weight is 438 g/mol. The van der Waals surface area contributed by atoms with Gasteiger partial charge in [-0.25, -0.2) is 4.39 Å². The molecule has 3 aromatic rings. The molecule has 0 spiro atoms. The Kier molecular flexibility index (Phi) is 4.87. The number of nitrogens with zero attached hydrogens (tertiary/aromatic N) is 2. The minimum absolute atomic E-state index is 0.00635. The third-order valence-electron chi connectivity index (χ3n) is 6.36. The van der Waals surface area contributed by atoms with Crippen molar-refractivity contribution in [2.24, 2.45) is 5.41 Å². The number of rotatable bonds is 9. The van der Waals surface area contributed by atoms with Crippen molar-refractivity contribution in [2.75, 3.05) is 13.7 Å². The van der Waals surface area contributed by atoms with Gasteiger partial charge in [0.2, 0.25) is 5.89 Å². The second-order valence-corrected chi connectivity index (χ2v) is 8.88. The van der Waals surface area contributed by atoms with E-state index in [1.807, 2.05) is 12.1 Å². The Labute approximate surface area is 184 Å². The lowest BCUT2D eigenvalue weighted by Crippen LogP contribution is -2.65. The molecule has 0 unspecified atom stereocenters. The van der Waals surface area contributed by atoms with Crippen LogP contribution in [0.4, 0.5) is 4.39 Å². The van der Waals surface area contributed by atoms with E-state index in [4.69, 9.17) is 18.6 Å². The summed E-state index contributed by atoms with van der Waals surface area (Å²) in [7, 11) is 1.59. The van der Waals surface area contributed by atoms with E-state index in [1.165, 1.54) is 6.07 Å². The summed E-state index contributed by atoms with van der Waals surface area (Å²) in [6, 6.07) is 11.8. The van der Waals surface area contributed by atoms with Crippen molar-refractivity contribution in [3.8, 4) is 23.3 Å². The van der Waals surface area contributed by atoms with Gasteiger partial charge in [0, 0.05) is 18.6 Å². The number of aromatic nitrogens is 2. The summed E-state index contributed by atoms with van der Waals surface area (Å²) in [6.45, 7) is 1.62. The molecule has 2 bridgehead atoms. The molecular weight excluding hydrogens is 415 g/mol. The SMILES string of the molecule is COc1cccc(Oc2nnc(C34CC(CC(=O)COc5ccc(C)c(F)c5)(C3)C4)o2)c1. The molecule has 3 aliphatic carbocycles. The van der Waals surface area contributed by atoms with E-state index in [2.05, 4.69) is 10.2 Å². The smallest absolute Gasteiger partial charge is 0.420 e. The number of ether oxygens (including phenoxy) is 3. The van der Waals surface area contributed by atoms with Crippen molar-refractivity contribution >= 4 is 5.78 Å². The largest absolute Gasteiger partial charge is 0.497 e. The maximum absolute atomic E-state index is 13.6. The summed E-state index contributed by atoms with van der Waals surface area (Å²) in [5.41, 5.74) is 0.353. The van der Waals surface area contributed by atoms with Crippen LogP contribution in [0.2, 0.25) is 0 Å². The zero-order chi connectivity index (χ0) is 22.3. The molecule has 7 nitrogen and oxygen atoms in total. The second kappa shape index (κ2) is 7.62. The van der Waals surface area contributed by atoms with E-state index in [0.29, 0.717) is 35.1 Å². The zero-order valence-corrected chi connectivity index (χ0v) is 17.9. The average Bonchev–Trinajstić information content (AvgIpc) is 3.18. The highest BCUT2D eigenvalue weighted by molar-refractivity contribution is 5.81. The lowest BCUT2D eigenvalue weighted by molar-refractivity contribution is -0.168. The van der Waals surface area contributed by atoms with Crippen LogP contribution in [-0.2, 0) is 10.2 Å². The molecule has 3 fully saturated rings. The van der Waals surface area contributed by atoms with Gasteiger partial charge in [0.25, 0.3) is 0 Å². The van der Waals surface area contributed by atoms with Gasteiger partial charge in [-0.05, 0) is 55.4 Å². The Bertz CT molecular complexity index is 1150. The monoisotopic (exact) mass is 438 g/mol. The van der Waals surface area contributed by atoms with E-state index in [1.54, 1.807) is 38.3 Å². The fraction of sp³-hybridized carbons (Fsp3) is 0.375. The highest BCUT2D eigenvalue weighted by Gasteiger charge is 2.71. The van der Waals surface area contributed by atoms with Gasteiger partial charge in [-0.3, -0.25) is 4.79 Å². The van der Waals surface area contributed by atoms with Crippen LogP contribution in [0.15, 0.2) is 46.9 Å². The Morgan fingerprint density at radius 1 is 1.09 bits per heavy atom. The first-order valence-electron chi connectivity index (χ1n) is 10.5. The molecule has 3 saturated carbocycles. The molecule has 32 heavy (non-hydrogen) atoms. The molecule has 1 heterocycles. The van der Waals surface area contributed by atoms with Gasteiger partial charge in [0.05, 0.1) is 12.5 Å². The van der Waals surface area contributed by atoms with Crippen molar-refractivity contribution in [1.29, 1.82) is 0 Å². The molecule has 0 atom stereocenters. The molecule has 2 aromatic carbocycles. The standard InChI is InChI=1S/C24H23FN2O5/c1-15-6-7-18(9-20(15)25)30-11-16(28)10-23-12-24(13-23,14-23)21-26-27-22(32-21)31-19-5-3-4-17(8-19)29-2/h3-9H,10-14H2,1-2H3. The van der Waals surface area contributed by atoms with Gasteiger partial charge < -0.3 is 18.6 Å². The normalized spacial score (nSPS) is 23.1. The van der Waals surface area contributed by atoms with E-state index in [9.17, 15) is 9.18 Å². The van der Waals surface area contributed by atoms with E-state index < -0.39 is 0 Å². The Hall–Kier alpha value is -3.42. The number of aryl methyl sites for hydroxylation is 1. The molecule has 0 saturated heterocycles. The van der Waals surface area contributed by atoms with Gasteiger partial charge in [-0.2, -0.15) is 0 Å². The van der Waals surface area contributed by atoms with Crippen molar-refractivity contribution in [3.63, 3.8) is 0 Å². The van der Waals surface area contributed by atoms with Gasteiger partial charge in [-0.1, -0.05) is 17.2 Å². The Balaban J connectivity index is 1.13. The summed E-state index contributed by atoms with van der Waals surface area (Å²) < 4.78 is 35.6. The summed E-state index contributed by atoms with van der Waals surface area (Å²) in [5.74, 6) is 1.80. The molecular formula is C24H23FN2O5. The number of halogens is 1. The number of carbonyl (C=O) groups is 1. The number of Topliss-reactive ketones (excluding diaryl/α,β-unsaturated/α-hetero) is 1. The maximum Gasteiger partial charge on any atom is 0.420 e. The number of hydrogen-bond donors (Lipinski definition) is 0. The van der Waals surface area contributed by atoms with Crippen molar-refractivity contribution < 1.29 is 27.8 Å². The predicted molar refractivity (Wildman–Crippen MR) is 112 cm³/mol. The maximum atomic E-state index is 13.6. The quantitative estimate of drug-likeness (QED) is 0.475. The minimum atomic E-state index is -0.342. The fourth-order valence-electron chi connectivity index (χ4n) is 4.94. The predicted octanol–water partition coefficient (Wildman–Crippen LogP) is 4.78. The van der Waals surface area contributed by atoms with Crippen LogP contribution in [0.25, 0.3) is 0 Å². The van der Waals surface area contributed by atoms with Gasteiger partial charge in [0.1, 0.15) is 29.7 Å². The Morgan fingerprint density at radius 3 is 2.62 bits per heavy atom. The highest BCUT2D eigenvalue weighted by atomic mass is 19.1. The second-order valence-electron chi connectivity index (χ2n) is 8.88. The molecule has 0 N–H and O–H groups in total. The molecule has 1 aromatic heterocycles. The lowest BCUT2D eigenvalue weighted by Gasteiger charge is -2.68. The Morgan fingerprint density at radius 2 is 1.88 bits per heavy atom. The molecule has 8 heteroatoms. The highest BCUT2D eigenvalue weighted by Crippen LogP contribution is 2.74. The molecule has 0 amide bonds. The topological polar surface area (TPSA) is 83.7 Å². The van der Waals surface area contributed by atoms with Crippen molar-refractivity contribution in [1.82, 2.24) is 10.2 Å². The molecule has 6 rings (SSSR count). The summed E-state index contributed by atoms with van der Waals surface area (Å²) in [6.07, 6.45) is 3.00. The third kappa shape index (κ3) is 3.70. The molecule has 166 valence electrons. The summed E-state index contributed by atoms with van der Waals surface area (Å²) >= 11 is 0. The van der Waals surface area contributed by atoms with Crippen LogP contribution in [0.3, 0.4) is 0 Å². The van der Waals surface area contributed by atoms with E-state index in [-0.39, 0.29) is 35.1 Å². The number of carbonyl (C=O) groups excluding carboxylic acids is 1. The van der Waals surface area contributed by atoms with Gasteiger partial charge in [0.15, 0.2) is 5.78 Å². The molecule has 3 aliphatic rings. The van der Waals surface area contributed by atoms with Crippen LogP contribution >= 0.6 is 0 Å². The van der Waals surface area contributed by atoms with Crippen LogP contribution in [0.1, 0.15) is 37.1 Å². The number of hydrogen-bond acceptors (Lipinski definition) is 7. The molecule has 0 radical (unpaired) electrons. The zero-order valence-electron chi connectivity index (χ0n) is 17.9. The van der Waals surface area contributed by atoms with Crippen LogP contribution in [0, 0.1) is 18.2 Å². The lowest BCUT2D eigenvalue weighted by atomic mass is 9.34. The van der Waals surface area contributed by atoms with E-state index in [0.717, 1.165) is 19.3 Å². The molecule has 0 aliphatic heterocycles. The van der Waals surface area contributed by atoms with Crippen molar-refractivity contribution in [3.05, 3.63) is 59.7 Å². The summed E-state index contributed by atoms with van der Waals surface area (Å²) in [5, 5.41) is 8.17. The van der Waals surface area contributed by atoms with Gasteiger partial charge in [-0.15, -0.1) is 5.10 Å². The van der Waals surface area contributed by atoms with Crippen LogP contribution in [0.5, 0.6) is 23.3 Å². The minimum Gasteiger partial charge on any atom is -0.497 e. The van der Waals surface area contributed by atoms with Crippen molar-refractivity contribution in [2.45, 2.75) is 38.0 Å². The van der Waals surface area contributed by atoms with E-state index >= 15 is 0 Å². The van der Waals surface area contributed by atoms with Crippen LogP contribution < -0.4 is 14.2 Å². The summed E-state index contributed by atoms with van der Waals surface area (Å²) in [4.78, 5) is 12.4. The number of benzene rings is 2.